The van der Waals surface area contributed by atoms with Crippen molar-refractivity contribution in [1.82, 2.24) is 24.8 Å². The number of hydrogen-bond acceptors (Lipinski definition) is 17. The van der Waals surface area contributed by atoms with Gasteiger partial charge < -0.3 is 42.3 Å². The normalized spacial score (nSPS) is 14.3. The Kier molecular flexibility index (Phi) is 19.6. The number of ether oxygens (including phenoxy) is 6. The molecule has 0 N–H and O–H groups in total. The Bertz CT molecular complexity index is 3770. The zero-order valence-corrected chi connectivity index (χ0v) is 50.1. The first-order valence-electron chi connectivity index (χ1n) is 26.7. The van der Waals surface area contributed by atoms with Crippen molar-refractivity contribution in [3.63, 3.8) is 0 Å². The van der Waals surface area contributed by atoms with E-state index in [4.69, 9.17) is 59.0 Å². The van der Waals surface area contributed by atoms with Gasteiger partial charge in [0, 0.05) is 47.2 Å². The van der Waals surface area contributed by atoms with Crippen molar-refractivity contribution >= 4 is 62.9 Å². The number of piperazine rings is 1. The molecule has 9 aromatic rings. The van der Waals surface area contributed by atoms with Crippen molar-refractivity contribution in [3.8, 4) is 61.8 Å². The molecular weight excluding hydrogens is 1200 g/mol. The third-order valence-corrected chi connectivity index (χ3v) is 17.5. The first-order valence-corrected chi connectivity index (χ1v) is 30.2. The summed E-state index contributed by atoms with van der Waals surface area (Å²) < 4.78 is 75.0. The van der Waals surface area contributed by atoms with Crippen LogP contribution in [0, 0.1) is 5.82 Å². The van der Waals surface area contributed by atoms with Crippen LogP contribution in [0.15, 0.2) is 163 Å². The van der Waals surface area contributed by atoms with Crippen LogP contribution in [-0.2, 0) is 49.4 Å². The smallest absolute Gasteiger partial charge is 0.348 e. The molecule has 22 heteroatoms. The third-order valence-electron chi connectivity index (χ3n) is 14.1. The topological polar surface area (TPSA) is 186 Å². The lowest BCUT2D eigenvalue weighted by Gasteiger charge is -2.42. The maximum Gasteiger partial charge on any atom is 0.348 e. The van der Waals surface area contributed by atoms with E-state index >= 15 is 0 Å². The molecule has 0 radical (unpaired) electrons. The molecule has 10 rings (SSSR count). The Morgan fingerprint density at radius 2 is 1.51 bits per heavy atom. The van der Waals surface area contributed by atoms with E-state index in [9.17, 15) is 18.6 Å². The van der Waals surface area contributed by atoms with E-state index < -0.39 is 25.7 Å². The minimum Gasteiger partial charge on any atom is -0.756 e. The SMILES string of the molecule is COc1ccc(COC(=O)[C@@H](Cc2ccccc2OCc2ccnc(-c3ccccc3OC)n2)Oc2ncnc3sc(-c4ccc(F)cc4)c(-c4ccc(OCCN5CC[N+](C)(COP(=O)([O-])OCc6ccccc6)CC5)c(Cl)c4Br)c23)cc1. The maximum absolute atomic E-state index is 14.6. The number of quaternary nitrogens is 1. The number of carbonyl (C=O) groups excluding carboxylic acids is 1. The highest BCUT2D eigenvalue weighted by Crippen LogP contribution is 2.51. The Labute approximate surface area is 502 Å². The highest BCUT2D eigenvalue weighted by molar-refractivity contribution is 9.10. The van der Waals surface area contributed by atoms with E-state index in [-0.39, 0.29) is 38.9 Å². The summed E-state index contributed by atoms with van der Waals surface area (Å²) in [6.45, 7) is 3.40. The van der Waals surface area contributed by atoms with Gasteiger partial charge in [0.05, 0.1) is 62.6 Å². The molecule has 0 spiro atoms. The molecular formula is C62H58BrClFN6O11PS. The van der Waals surface area contributed by atoms with Gasteiger partial charge in [0.1, 0.15) is 59.8 Å². The number of halogens is 3. The van der Waals surface area contributed by atoms with Crippen molar-refractivity contribution in [2.75, 3.05) is 67.3 Å². The number of nitrogens with zero attached hydrogens (tertiary/aromatic N) is 6. The summed E-state index contributed by atoms with van der Waals surface area (Å²) in [5, 5.41) is 0.764. The fourth-order valence-electron chi connectivity index (χ4n) is 9.37. The molecule has 0 amide bonds. The summed E-state index contributed by atoms with van der Waals surface area (Å²) in [6, 6.07) is 42.6. The molecule has 434 valence electrons. The first-order chi connectivity index (χ1) is 40.7. The number of esters is 1. The Morgan fingerprint density at radius 3 is 2.27 bits per heavy atom. The highest BCUT2D eigenvalue weighted by Gasteiger charge is 2.32. The van der Waals surface area contributed by atoms with Gasteiger partial charge in [-0.25, -0.2) is 29.1 Å². The van der Waals surface area contributed by atoms with Crippen LogP contribution in [0.2, 0.25) is 5.02 Å². The Hall–Kier alpha value is -7.36. The molecule has 4 heterocycles. The second kappa shape index (κ2) is 27.6. The van der Waals surface area contributed by atoms with Gasteiger partial charge in [-0.1, -0.05) is 96.5 Å². The van der Waals surface area contributed by atoms with E-state index in [0.717, 1.165) is 16.7 Å². The van der Waals surface area contributed by atoms with Crippen molar-refractivity contribution in [1.29, 1.82) is 0 Å². The van der Waals surface area contributed by atoms with Crippen molar-refractivity contribution < 1.29 is 60.6 Å². The van der Waals surface area contributed by atoms with Crippen molar-refractivity contribution in [2.24, 2.45) is 0 Å². The van der Waals surface area contributed by atoms with Crippen LogP contribution in [0.25, 0.3) is 43.2 Å². The number of aromatic nitrogens is 4. The van der Waals surface area contributed by atoms with Gasteiger partial charge in [-0.2, -0.15) is 0 Å². The van der Waals surface area contributed by atoms with Crippen LogP contribution in [-0.4, -0.2) is 109 Å². The zero-order chi connectivity index (χ0) is 58.6. The van der Waals surface area contributed by atoms with E-state index in [1.54, 1.807) is 68.9 Å². The standard InChI is InChI=1S/C62H58BrClFN6O11PS/c1-71(40-81-83(73,74)80-37-41-11-5-4-6-12-41)32-29-70(30-33-71)31-34-77-52-26-25-49(56(63)57(52)64)54-55-60(67-39-68-61(55)84-58(54)43-19-21-45(65)22-20-43)82-53(62(72)79-36-42-17-23-47(75-2)24-18-42)35-44-13-7-9-15-50(44)78-38-46-27-28-66-59(69-46)48-14-8-10-16-51(48)76-3/h4-28,39,53H,29-38,40H2,1-3H3/t53-/m1/s1. The minimum atomic E-state index is -4.52. The first kappa shape index (κ1) is 59.8. The van der Waals surface area contributed by atoms with Gasteiger partial charge in [-0.3, -0.25) is 14.0 Å². The lowest BCUT2D eigenvalue weighted by Crippen LogP contribution is -2.58. The van der Waals surface area contributed by atoms with Crippen molar-refractivity contribution in [2.45, 2.75) is 32.3 Å². The molecule has 3 aromatic heterocycles. The largest absolute Gasteiger partial charge is 0.756 e. The number of thiophene rings is 1. The summed E-state index contributed by atoms with van der Waals surface area (Å²) in [5.74, 6) is 1.67. The number of carbonyl (C=O) groups is 1. The van der Waals surface area contributed by atoms with Crippen LogP contribution in [0.4, 0.5) is 4.39 Å². The molecule has 0 bridgehead atoms. The molecule has 1 aliphatic heterocycles. The Balaban J connectivity index is 0.890. The quantitative estimate of drug-likeness (QED) is 0.0298. The van der Waals surface area contributed by atoms with Crippen LogP contribution >= 0.6 is 46.7 Å². The summed E-state index contributed by atoms with van der Waals surface area (Å²) in [6.07, 6.45) is 1.74. The molecule has 1 aliphatic rings. The predicted octanol–water partition coefficient (Wildman–Crippen LogP) is 12.2. The summed E-state index contributed by atoms with van der Waals surface area (Å²) in [7, 11) is 0.607. The van der Waals surface area contributed by atoms with E-state index in [0.29, 0.717) is 125 Å². The fraction of sp³-hybridized carbons (Fsp3) is 0.242. The number of benzene rings is 6. The molecule has 17 nitrogen and oxygen atoms in total. The molecule has 1 saturated heterocycles. The summed E-state index contributed by atoms with van der Waals surface area (Å²) in [5.41, 5.74) is 5.35. The number of hydrogen-bond donors (Lipinski definition) is 0. The highest BCUT2D eigenvalue weighted by atomic mass is 79.9. The van der Waals surface area contributed by atoms with Gasteiger partial charge in [0.15, 0.2) is 12.6 Å². The molecule has 0 aliphatic carbocycles. The molecule has 1 unspecified atom stereocenters. The van der Waals surface area contributed by atoms with Gasteiger partial charge in [0.2, 0.25) is 12.0 Å². The van der Waals surface area contributed by atoms with E-state index in [1.165, 1.54) is 29.8 Å². The zero-order valence-electron chi connectivity index (χ0n) is 46.0. The molecule has 1 fully saturated rings. The molecule has 6 aromatic carbocycles. The van der Waals surface area contributed by atoms with Gasteiger partial charge in [-0.05, 0) is 104 Å². The maximum atomic E-state index is 14.6. The molecule has 84 heavy (non-hydrogen) atoms. The fourth-order valence-corrected chi connectivity index (χ4v) is 12.1. The number of likely N-dealkylation sites (N-methyl/N-ethyl adjacent to an activating group) is 1. The molecule has 0 saturated carbocycles. The lowest BCUT2D eigenvalue weighted by molar-refractivity contribution is -0.929. The van der Waals surface area contributed by atoms with Crippen molar-refractivity contribution in [3.05, 3.63) is 196 Å². The number of fused-ring (bicyclic) bond motifs is 1. The minimum absolute atomic E-state index is 0.00883. The average Bonchev–Trinajstić information content (AvgIpc) is 1.98. The Morgan fingerprint density at radius 1 is 0.786 bits per heavy atom. The number of methoxy groups -OCH3 is 2. The third kappa shape index (κ3) is 14.9. The monoisotopic (exact) mass is 1260 g/mol. The second-order valence-corrected chi connectivity index (χ2v) is 23.4. The van der Waals surface area contributed by atoms with Gasteiger partial charge in [-0.15, -0.1) is 11.3 Å². The second-order valence-electron chi connectivity index (χ2n) is 19.9. The van der Waals surface area contributed by atoms with Crippen LogP contribution in [0.1, 0.15) is 22.4 Å². The number of para-hydroxylation sites is 2. The average molecular weight is 1260 g/mol. The van der Waals surface area contributed by atoms with E-state index in [2.05, 4.69) is 30.8 Å². The van der Waals surface area contributed by atoms with Gasteiger partial charge >= 0.3 is 5.97 Å². The van der Waals surface area contributed by atoms with Crippen LogP contribution < -0.4 is 28.6 Å². The number of rotatable bonds is 25. The van der Waals surface area contributed by atoms with Gasteiger partial charge in [0.25, 0.3) is 7.82 Å². The predicted molar refractivity (Wildman–Crippen MR) is 319 cm³/mol. The van der Waals surface area contributed by atoms with Crippen LogP contribution in [0.5, 0.6) is 28.9 Å². The van der Waals surface area contributed by atoms with Crippen LogP contribution in [0.3, 0.4) is 0 Å². The summed E-state index contributed by atoms with van der Waals surface area (Å²) >= 11 is 12.3. The molecule has 2 atom stereocenters. The number of phosphoric ester groups is 1. The summed E-state index contributed by atoms with van der Waals surface area (Å²) in [4.78, 5) is 49.3. The number of phosphoric acid groups is 1. The van der Waals surface area contributed by atoms with E-state index in [1.807, 2.05) is 92.0 Å². The lowest BCUT2D eigenvalue weighted by atomic mass is 9.99.